The lowest BCUT2D eigenvalue weighted by atomic mass is 9.94. The van der Waals surface area contributed by atoms with Crippen LogP contribution in [0.1, 0.15) is 56.0 Å². The molecule has 0 fully saturated rings. The van der Waals surface area contributed by atoms with Gasteiger partial charge in [0.05, 0.1) is 2.88 Å². The van der Waals surface area contributed by atoms with Gasteiger partial charge in [0.25, 0.3) is 0 Å². The largest absolute Gasteiger partial charge is 0.354 e. The third-order valence-electron chi connectivity index (χ3n) is 3.85. The molecule has 2 N–H and O–H groups in total. The second-order valence-corrected chi connectivity index (χ2v) is 8.49. The number of hydrogen-bond acceptors (Lipinski definition) is 3. The quantitative estimate of drug-likeness (QED) is 0.709. The fraction of sp³-hybridized carbons (Fsp3) is 0.667. The van der Waals surface area contributed by atoms with E-state index in [2.05, 4.69) is 46.2 Å². The van der Waals surface area contributed by atoms with Crippen LogP contribution >= 0.6 is 33.9 Å². The van der Waals surface area contributed by atoms with Crippen molar-refractivity contribution in [2.24, 2.45) is 0 Å². The lowest BCUT2D eigenvalue weighted by molar-refractivity contribution is -0.121. The highest BCUT2D eigenvalue weighted by Crippen LogP contribution is 2.36. The summed E-state index contributed by atoms with van der Waals surface area (Å²) in [6.07, 6.45) is 5.21. The molecule has 1 aliphatic carbocycles. The van der Waals surface area contributed by atoms with Crippen molar-refractivity contribution in [1.82, 2.24) is 10.6 Å². The first-order valence-corrected chi connectivity index (χ1v) is 9.30. The highest BCUT2D eigenvalue weighted by molar-refractivity contribution is 14.1. The van der Waals surface area contributed by atoms with Crippen molar-refractivity contribution < 1.29 is 4.79 Å². The highest BCUT2D eigenvalue weighted by Gasteiger charge is 2.22. The Morgan fingerprint density at radius 1 is 1.60 bits per heavy atom. The Balaban J connectivity index is 1.79. The third kappa shape index (κ3) is 4.43. The molecule has 3 nitrogen and oxygen atoms in total. The predicted octanol–water partition coefficient (Wildman–Crippen LogP) is 3.62. The Hall–Kier alpha value is -0.140. The van der Waals surface area contributed by atoms with Gasteiger partial charge in [0, 0.05) is 29.9 Å². The van der Waals surface area contributed by atoms with Crippen LogP contribution in [0.15, 0.2) is 6.07 Å². The summed E-state index contributed by atoms with van der Waals surface area (Å²) in [5, 5.41) is 6.57. The van der Waals surface area contributed by atoms with Crippen LogP contribution < -0.4 is 10.6 Å². The minimum Gasteiger partial charge on any atom is -0.354 e. The third-order valence-corrected chi connectivity index (χ3v) is 5.82. The molecule has 0 spiro atoms. The topological polar surface area (TPSA) is 41.1 Å². The first-order valence-electron chi connectivity index (χ1n) is 7.41. The Bertz CT molecular complexity index is 461. The predicted molar refractivity (Wildman–Crippen MR) is 93.2 cm³/mol. The van der Waals surface area contributed by atoms with E-state index in [9.17, 15) is 4.79 Å². The summed E-state index contributed by atoms with van der Waals surface area (Å²) in [4.78, 5) is 13.3. The second-order valence-electron chi connectivity index (χ2n) is 5.45. The van der Waals surface area contributed by atoms with Crippen molar-refractivity contribution in [2.45, 2.75) is 58.0 Å². The molecule has 2 rings (SSSR count). The molecule has 20 heavy (non-hydrogen) atoms. The molecular formula is C15H23IN2OS. The lowest BCUT2D eigenvalue weighted by Gasteiger charge is -2.23. The minimum absolute atomic E-state index is 0.155. The van der Waals surface area contributed by atoms with Crippen LogP contribution in [0.25, 0.3) is 0 Å². The van der Waals surface area contributed by atoms with Gasteiger partial charge >= 0.3 is 0 Å². The van der Waals surface area contributed by atoms with E-state index in [1.165, 1.54) is 32.6 Å². The number of carbonyl (C=O) groups excluding carboxylic acids is 1. The molecule has 112 valence electrons. The van der Waals surface area contributed by atoms with Gasteiger partial charge in [0.15, 0.2) is 0 Å². The van der Waals surface area contributed by atoms with Crippen molar-refractivity contribution in [2.75, 3.05) is 6.54 Å². The molecule has 1 amide bonds. The van der Waals surface area contributed by atoms with Gasteiger partial charge in [-0.05, 0) is 66.8 Å². The van der Waals surface area contributed by atoms with Crippen LogP contribution in [0.2, 0.25) is 0 Å². The van der Waals surface area contributed by atoms with Crippen molar-refractivity contribution in [1.29, 1.82) is 0 Å². The summed E-state index contributed by atoms with van der Waals surface area (Å²) in [5.41, 5.74) is 1.47. The summed E-state index contributed by atoms with van der Waals surface area (Å²) < 4.78 is 1.37. The maximum atomic E-state index is 11.8. The van der Waals surface area contributed by atoms with Gasteiger partial charge in [-0.15, -0.1) is 11.3 Å². The Labute approximate surface area is 139 Å². The molecule has 2 unspecified atom stereocenters. The maximum Gasteiger partial charge on any atom is 0.221 e. The molecule has 5 heteroatoms. The first kappa shape index (κ1) is 16.2. The van der Waals surface area contributed by atoms with Gasteiger partial charge in [-0.25, -0.2) is 0 Å². The van der Waals surface area contributed by atoms with E-state index in [1.54, 1.807) is 0 Å². The zero-order valence-corrected chi connectivity index (χ0v) is 15.1. The van der Waals surface area contributed by atoms with Crippen molar-refractivity contribution in [3.63, 3.8) is 0 Å². The molecule has 0 saturated carbocycles. The van der Waals surface area contributed by atoms with Gasteiger partial charge in [0.1, 0.15) is 0 Å². The molecule has 0 aromatic carbocycles. The smallest absolute Gasteiger partial charge is 0.221 e. The van der Waals surface area contributed by atoms with E-state index in [0.717, 1.165) is 13.0 Å². The molecule has 1 aromatic heterocycles. The zero-order valence-electron chi connectivity index (χ0n) is 12.2. The molecule has 0 saturated heterocycles. The van der Waals surface area contributed by atoms with E-state index >= 15 is 0 Å². The van der Waals surface area contributed by atoms with E-state index in [1.807, 2.05) is 18.3 Å². The molecule has 1 aromatic rings. The monoisotopic (exact) mass is 406 g/mol. The summed E-state index contributed by atoms with van der Waals surface area (Å²) in [6, 6.07) is 3.02. The normalized spacial score (nSPS) is 19.4. The molecule has 1 heterocycles. The van der Waals surface area contributed by atoms with Crippen LogP contribution in [0, 0.1) is 2.88 Å². The number of aryl methyl sites for hydroxylation is 1. The second kappa shape index (κ2) is 7.75. The molecule has 0 bridgehead atoms. The standard InChI is InChI=1S/C15H23IN2OS/c1-3-10(2)18-15(19)7-8-17-12-5-4-6-13-11(12)9-14(16)20-13/h9-10,12,17H,3-8H2,1-2H3,(H,18,19). The zero-order chi connectivity index (χ0) is 14.5. The lowest BCUT2D eigenvalue weighted by Crippen LogP contribution is -2.35. The maximum absolute atomic E-state index is 11.8. The number of amides is 1. The molecule has 1 aliphatic rings. The fourth-order valence-electron chi connectivity index (χ4n) is 2.54. The van der Waals surface area contributed by atoms with Gasteiger partial charge < -0.3 is 10.6 Å². The van der Waals surface area contributed by atoms with Crippen molar-refractivity contribution >= 4 is 39.8 Å². The van der Waals surface area contributed by atoms with Crippen LogP contribution in [0.3, 0.4) is 0 Å². The summed E-state index contributed by atoms with van der Waals surface area (Å²) in [6.45, 7) is 4.90. The van der Waals surface area contributed by atoms with E-state index in [4.69, 9.17) is 0 Å². The van der Waals surface area contributed by atoms with Crippen LogP contribution in [-0.4, -0.2) is 18.5 Å². The Morgan fingerprint density at radius 3 is 3.15 bits per heavy atom. The van der Waals surface area contributed by atoms with Crippen molar-refractivity contribution in [3.8, 4) is 0 Å². The highest BCUT2D eigenvalue weighted by atomic mass is 127. The van der Waals surface area contributed by atoms with Crippen molar-refractivity contribution in [3.05, 3.63) is 19.4 Å². The number of fused-ring (bicyclic) bond motifs is 1. The molecule has 2 atom stereocenters. The minimum atomic E-state index is 0.155. The Morgan fingerprint density at radius 2 is 2.40 bits per heavy atom. The van der Waals surface area contributed by atoms with Crippen LogP contribution in [0.4, 0.5) is 0 Å². The summed E-state index contributed by atoms with van der Waals surface area (Å²) >= 11 is 4.32. The number of hydrogen-bond donors (Lipinski definition) is 2. The van der Waals surface area contributed by atoms with Crippen LogP contribution in [0.5, 0.6) is 0 Å². The number of rotatable bonds is 6. The summed E-state index contributed by atoms with van der Waals surface area (Å²) in [5.74, 6) is 0.155. The van der Waals surface area contributed by atoms with Gasteiger partial charge in [-0.3, -0.25) is 4.79 Å². The number of halogens is 1. The van der Waals surface area contributed by atoms with Crippen LogP contribution in [-0.2, 0) is 11.2 Å². The molecule has 0 aliphatic heterocycles. The van der Waals surface area contributed by atoms with E-state index < -0.39 is 0 Å². The number of nitrogens with one attached hydrogen (secondary N) is 2. The molecular weight excluding hydrogens is 383 g/mol. The number of thiophene rings is 1. The van der Waals surface area contributed by atoms with E-state index in [-0.39, 0.29) is 11.9 Å². The van der Waals surface area contributed by atoms with Gasteiger partial charge in [-0.1, -0.05) is 6.92 Å². The average molecular weight is 406 g/mol. The Kier molecular flexibility index (Phi) is 6.29. The SMILES string of the molecule is CCC(C)NC(=O)CCNC1CCCc2sc(I)cc21. The van der Waals surface area contributed by atoms with E-state index in [0.29, 0.717) is 12.5 Å². The summed E-state index contributed by atoms with van der Waals surface area (Å²) in [7, 11) is 0. The average Bonchev–Trinajstić information content (AvgIpc) is 2.79. The fourth-order valence-corrected chi connectivity index (χ4v) is 4.66. The van der Waals surface area contributed by atoms with Gasteiger partial charge in [-0.2, -0.15) is 0 Å². The first-order chi connectivity index (χ1) is 9.60. The number of carbonyl (C=O) groups is 1. The van der Waals surface area contributed by atoms with Gasteiger partial charge in [0.2, 0.25) is 5.91 Å². The molecule has 0 radical (unpaired) electrons.